The molecule has 21 heavy (non-hydrogen) atoms. The van der Waals surface area contributed by atoms with Crippen molar-refractivity contribution in [1.29, 1.82) is 0 Å². The van der Waals surface area contributed by atoms with Crippen molar-refractivity contribution in [3.05, 3.63) is 23.8 Å². The molecule has 1 aromatic carbocycles. The molecule has 1 atom stereocenters. The van der Waals surface area contributed by atoms with E-state index in [4.69, 9.17) is 10.5 Å². The summed E-state index contributed by atoms with van der Waals surface area (Å²) in [5, 5.41) is 2.77. The number of carbonyl (C=O) groups is 2. The van der Waals surface area contributed by atoms with E-state index in [0.29, 0.717) is 23.7 Å². The molecule has 6 heteroatoms. The van der Waals surface area contributed by atoms with Gasteiger partial charge >= 0.3 is 5.97 Å². The van der Waals surface area contributed by atoms with Crippen LogP contribution in [0.2, 0.25) is 0 Å². The quantitative estimate of drug-likeness (QED) is 0.614. The molecule has 0 saturated carbocycles. The number of ether oxygens (including phenoxy) is 2. The molecule has 3 N–H and O–H groups in total. The zero-order chi connectivity index (χ0) is 16.0. The lowest BCUT2D eigenvalue weighted by Crippen LogP contribution is -2.38. The van der Waals surface area contributed by atoms with Crippen LogP contribution < -0.4 is 15.8 Å². The standard InChI is InChI=1S/C15H22N2O4/c1-9(2)8-17-14(18)10(3)21-13-7-11(15(19)20-4)5-6-12(13)16/h5-7,9-10H,8,16H2,1-4H3,(H,17,18). The number of hydrogen-bond donors (Lipinski definition) is 2. The highest BCUT2D eigenvalue weighted by Crippen LogP contribution is 2.24. The first-order chi connectivity index (χ1) is 9.85. The molecule has 0 radical (unpaired) electrons. The fourth-order valence-corrected chi connectivity index (χ4v) is 1.57. The molecule has 0 heterocycles. The number of nitrogen functional groups attached to an aromatic ring is 1. The van der Waals surface area contributed by atoms with Crippen LogP contribution in [0.4, 0.5) is 5.69 Å². The van der Waals surface area contributed by atoms with Crippen molar-refractivity contribution in [2.75, 3.05) is 19.4 Å². The van der Waals surface area contributed by atoms with Gasteiger partial charge in [-0.1, -0.05) is 13.8 Å². The van der Waals surface area contributed by atoms with Crippen LogP contribution in [0.5, 0.6) is 5.75 Å². The van der Waals surface area contributed by atoms with E-state index in [1.165, 1.54) is 19.2 Å². The van der Waals surface area contributed by atoms with Gasteiger partial charge in [-0.2, -0.15) is 0 Å². The van der Waals surface area contributed by atoms with E-state index in [-0.39, 0.29) is 11.7 Å². The van der Waals surface area contributed by atoms with Crippen molar-refractivity contribution >= 4 is 17.6 Å². The van der Waals surface area contributed by atoms with Gasteiger partial charge in [0.05, 0.1) is 18.4 Å². The lowest BCUT2D eigenvalue weighted by Gasteiger charge is -2.17. The summed E-state index contributed by atoms with van der Waals surface area (Å²) in [5.74, 6) is -0.0812. The summed E-state index contributed by atoms with van der Waals surface area (Å²) in [6.07, 6.45) is -0.709. The van der Waals surface area contributed by atoms with Crippen molar-refractivity contribution in [2.24, 2.45) is 5.92 Å². The highest BCUT2D eigenvalue weighted by Gasteiger charge is 2.17. The third-order valence-electron chi connectivity index (χ3n) is 2.79. The number of hydrogen-bond acceptors (Lipinski definition) is 5. The van der Waals surface area contributed by atoms with E-state index in [1.807, 2.05) is 13.8 Å². The van der Waals surface area contributed by atoms with Gasteiger partial charge in [-0.05, 0) is 31.0 Å². The van der Waals surface area contributed by atoms with Crippen LogP contribution in [0, 0.1) is 5.92 Å². The molecule has 0 fully saturated rings. The Labute approximate surface area is 124 Å². The van der Waals surface area contributed by atoms with Crippen LogP contribution in [0.25, 0.3) is 0 Å². The third kappa shape index (κ3) is 4.98. The Hall–Kier alpha value is -2.24. The van der Waals surface area contributed by atoms with Gasteiger partial charge in [0.1, 0.15) is 5.75 Å². The number of carbonyl (C=O) groups excluding carboxylic acids is 2. The van der Waals surface area contributed by atoms with Crippen LogP contribution in [-0.4, -0.2) is 31.6 Å². The second-order valence-electron chi connectivity index (χ2n) is 5.14. The summed E-state index contributed by atoms with van der Waals surface area (Å²) in [6, 6.07) is 4.55. The first kappa shape index (κ1) is 16.8. The van der Waals surface area contributed by atoms with Crippen LogP contribution in [-0.2, 0) is 9.53 Å². The summed E-state index contributed by atoms with van der Waals surface area (Å²) in [4.78, 5) is 23.3. The maximum Gasteiger partial charge on any atom is 0.337 e. The Morgan fingerprint density at radius 2 is 1.95 bits per heavy atom. The minimum atomic E-state index is -0.709. The third-order valence-corrected chi connectivity index (χ3v) is 2.79. The Balaban J connectivity index is 2.77. The molecular formula is C15H22N2O4. The molecule has 0 saturated heterocycles. The number of nitrogens with one attached hydrogen (secondary N) is 1. The number of esters is 1. The highest BCUT2D eigenvalue weighted by molar-refractivity contribution is 5.90. The van der Waals surface area contributed by atoms with Crippen molar-refractivity contribution in [3.8, 4) is 5.75 Å². The number of anilines is 1. The van der Waals surface area contributed by atoms with Gasteiger partial charge in [0.2, 0.25) is 0 Å². The number of benzene rings is 1. The monoisotopic (exact) mass is 294 g/mol. The highest BCUT2D eigenvalue weighted by atomic mass is 16.5. The number of amides is 1. The molecule has 0 bridgehead atoms. The van der Waals surface area contributed by atoms with Gasteiger partial charge in [-0.15, -0.1) is 0 Å². The average molecular weight is 294 g/mol. The minimum absolute atomic E-state index is 0.230. The van der Waals surface area contributed by atoms with Crippen molar-refractivity contribution in [1.82, 2.24) is 5.32 Å². The maximum atomic E-state index is 11.9. The Morgan fingerprint density at radius 1 is 1.29 bits per heavy atom. The summed E-state index contributed by atoms with van der Waals surface area (Å²) < 4.78 is 10.2. The predicted octanol–water partition coefficient (Wildman–Crippen LogP) is 1.59. The van der Waals surface area contributed by atoms with E-state index < -0.39 is 12.1 Å². The molecule has 1 aromatic rings. The molecule has 0 aromatic heterocycles. The second kappa shape index (κ2) is 7.52. The van der Waals surface area contributed by atoms with Crippen LogP contribution in [0.15, 0.2) is 18.2 Å². The van der Waals surface area contributed by atoms with Gasteiger partial charge in [0.25, 0.3) is 5.91 Å². The molecule has 1 unspecified atom stereocenters. The lowest BCUT2D eigenvalue weighted by atomic mass is 10.2. The normalized spacial score (nSPS) is 11.9. The summed E-state index contributed by atoms with van der Waals surface area (Å²) in [7, 11) is 1.29. The van der Waals surface area contributed by atoms with Gasteiger partial charge < -0.3 is 20.5 Å². The van der Waals surface area contributed by atoms with Gasteiger partial charge in [-0.3, -0.25) is 4.79 Å². The fraction of sp³-hybridized carbons (Fsp3) is 0.467. The van der Waals surface area contributed by atoms with E-state index in [2.05, 4.69) is 10.1 Å². The molecule has 1 amide bonds. The van der Waals surface area contributed by atoms with Gasteiger partial charge in [0, 0.05) is 6.54 Å². The van der Waals surface area contributed by atoms with Crippen molar-refractivity contribution < 1.29 is 19.1 Å². The summed E-state index contributed by atoms with van der Waals surface area (Å²) in [6.45, 7) is 6.21. The molecule has 116 valence electrons. The topological polar surface area (TPSA) is 90.7 Å². The Morgan fingerprint density at radius 3 is 2.52 bits per heavy atom. The first-order valence-corrected chi connectivity index (χ1v) is 6.77. The molecule has 1 rings (SSSR count). The number of rotatable bonds is 6. The van der Waals surface area contributed by atoms with Crippen LogP contribution in [0.1, 0.15) is 31.1 Å². The van der Waals surface area contributed by atoms with Crippen molar-refractivity contribution in [3.63, 3.8) is 0 Å². The summed E-state index contributed by atoms with van der Waals surface area (Å²) >= 11 is 0. The number of nitrogens with two attached hydrogens (primary N) is 1. The molecule has 0 spiro atoms. The second-order valence-corrected chi connectivity index (χ2v) is 5.14. The fourth-order valence-electron chi connectivity index (χ4n) is 1.57. The molecule has 0 aliphatic carbocycles. The molecule has 6 nitrogen and oxygen atoms in total. The predicted molar refractivity (Wildman–Crippen MR) is 80.1 cm³/mol. The first-order valence-electron chi connectivity index (χ1n) is 6.77. The van der Waals surface area contributed by atoms with Crippen LogP contribution >= 0.6 is 0 Å². The largest absolute Gasteiger partial charge is 0.479 e. The van der Waals surface area contributed by atoms with Gasteiger partial charge in [0.15, 0.2) is 6.10 Å². The Bertz CT molecular complexity index is 514. The molecule has 0 aliphatic heterocycles. The zero-order valence-electron chi connectivity index (χ0n) is 12.8. The SMILES string of the molecule is COC(=O)c1ccc(N)c(OC(C)C(=O)NCC(C)C)c1. The van der Waals surface area contributed by atoms with E-state index >= 15 is 0 Å². The van der Waals surface area contributed by atoms with E-state index in [9.17, 15) is 9.59 Å². The molecular weight excluding hydrogens is 272 g/mol. The maximum absolute atomic E-state index is 11.9. The summed E-state index contributed by atoms with van der Waals surface area (Å²) in [5.41, 5.74) is 6.46. The van der Waals surface area contributed by atoms with Gasteiger partial charge in [-0.25, -0.2) is 4.79 Å². The number of methoxy groups -OCH3 is 1. The smallest absolute Gasteiger partial charge is 0.337 e. The van der Waals surface area contributed by atoms with Crippen LogP contribution in [0.3, 0.4) is 0 Å². The van der Waals surface area contributed by atoms with E-state index in [1.54, 1.807) is 13.0 Å². The minimum Gasteiger partial charge on any atom is -0.479 e. The zero-order valence-corrected chi connectivity index (χ0v) is 12.8. The molecule has 0 aliphatic rings. The Kier molecular flexibility index (Phi) is 6.02. The average Bonchev–Trinajstić information content (AvgIpc) is 2.45. The van der Waals surface area contributed by atoms with Crippen molar-refractivity contribution in [2.45, 2.75) is 26.9 Å². The lowest BCUT2D eigenvalue weighted by molar-refractivity contribution is -0.127. The van der Waals surface area contributed by atoms with E-state index in [0.717, 1.165) is 0 Å².